The normalized spacial score (nSPS) is 12.0. The summed E-state index contributed by atoms with van der Waals surface area (Å²) in [5.41, 5.74) is 2.35. The first-order chi connectivity index (χ1) is 10.9. The fourth-order valence-electron chi connectivity index (χ4n) is 2.18. The topological polar surface area (TPSA) is 45.7 Å². The number of halogens is 3. The maximum atomic E-state index is 13.2. The number of nitrogens with two attached hydrogens (primary N) is 1. The molecule has 0 heterocycles. The van der Waals surface area contributed by atoms with Gasteiger partial charge in [-0.25, -0.2) is 8.78 Å². The van der Waals surface area contributed by atoms with Gasteiger partial charge in [0.25, 0.3) is 5.91 Å². The molecule has 0 aliphatic heterocycles. The molecule has 1 atom stereocenters. The Morgan fingerprint density at radius 2 is 1.96 bits per heavy atom. The third kappa shape index (κ3) is 4.84. The lowest BCUT2D eigenvalue weighted by Crippen LogP contribution is -2.86. The van der Waals surface area contributed by atoms with E-state index in [0.29, 0.717) is 5.56 Å². The van der Waals surface area contributed by atoms with Gasteiger partial charge in [-0.1, -0.05) is 15.9 Å². The lowest BCUT2D eigenvalue weighted by Gasteiger charge is -2.12. The van der Waals surface area contributed by atoms with E-state index < -0.39 is 11.6 Å². The molecule has 6 heteroatoms. The van der Waals surface area contributed by atoms with Gasteiger partial charge in [-0.15, -0.1) is 0 Å². The van der Waals surface area contributed by atoms with Crippen molar-refractivity contribution in [2.45, 2.75) is 19.9 Å². The van der Waals surface area contributed by atoms with E-state index in [0.717, 1.165) is 27.9 Å². The van der Waals surface area contributed by atoms with Crippen molar-refractivity contribution in [3.05, 3.63) is 63.6 Å². The van der Waals surface area contributed by atoms with E-state index in [1.807, 2.05) is 32.0 Å². The highest BCUT2D eigenvalue weighted by molar-refractivity contribution is 9.10. The first kappa shape index (κ1) is 17.6. The molecule has 122 valence electrons. The fraction of sp³-hybridized carbons (Fsp3) is 0.235. The van der Waals surface area contributed by atoms with Gasteiger partial charge >= 0.3 is 0 Å². The van der Waals surface area contributed by atoms with Crippen LogP contribution in [0.4, 0.5) is 14.5 Å². The van der Waals surface area contributed by atoms with Gasteiger partial charge < -0.3 is 10.6 Å². The van der Waals surface area contributed by atoms with Crippen LogP contribution in [0, 0.1) is 18.6 Å². The Balaban J connectivity index is 1.91. The van der Waals surface area contributed by atoms with Gasteiger partial charge in [0.2, 0.25) is 0 Å². The van der Waals surface area contributed by atoms with E-state index in [1.54, 1.807) is 5.32 Å². The summed E-state index contributed by atoms with van der Waals surface area (Å²) in [4.78, 5) is 12.0. The molecule has 0 saturated carbocycles. The van der Waals surface area contributed by atoms with Crippen molar-refractivity contribution in [2.75, 3.05) is 11.9 Å². The van der Waals surface area contributed by atoms with Crippen LogP contribution >= 0.6 is 15.9 Å². The number of hydrogen-bond donors (Lipinski definition) is 2. The van der Waals surface area contributed by atoms with Crippen LogP contribution in [-0.4, -0.2) is 12.5 Å². The van der Waals surface area contributed by atoms with Crippen molar-refractivity contribution in [2.24, 2.45) is 0 Å². The predicted octanol–water partition coefficient (Wildman–Crippen LogP) is 3.30. The van der Waals surface area contributed by atoms with Crippen molar-refractivity contribution in [1.29, 1.82) is 0 Å². The highest BCUT2D eigenvalue weighted by atomic mass is 79.9. The molecular weight excluding hydrogens is 366 g/mol. The molecule has 0 bridgehead atoms. The Labute approximate surface area is 142 Å². The molecule has 0 aromatic heterocycles. The van der Waals surface area contributed by atoms with Crippen molar-refractivity contribution in [3.8, 4) is 0 Å². The summed E-state index contributed by atoms with van der Waals surface area (Å²) in [5.74, 6) is -1.90. The Kier molecular flexibility index (Phi) is 5.85. The van der Waals surface area contributed by atoms with Gasteiger partial charge in [-0.2, -0.15) is 0 Å². The minimum absolute atomic E-state index is 0.148. The molecule has 2 aromatic rings. The van der Waals surface area contributed by atoms with Gasteiger partial charge in [-0.05, 0) is 55.8 Å². The molecule has 0 radical (unpaired) electrons. The minimum atomic E-state index is -0.877. The summed E-state index contributed by atoms with van der Waals surface area (Å²) >= 11 is 3.37. The smallest absolute Gasteiger partial charge is 0.279 e. The first-order valence-electron chi connectivity index (χ1n) is 7.21. The van der Waals surface area contributed by atoms with Crippen molar-refractivity contribution in [3.63, 3.8) is 0 Å². The summed E-state index contributed by atoms with van der Waals surface area (Å²) in [6, 6.07) is 9.24. The molecule has 0 spiro atoms. The quantitative estimate of drug-likeness (QED) is 0.817. The minimum Gasteiger partial charge on any atom is -0.333 e. The molecule has 2 rings (SSSR count). The summed E-state index contributed by atoms with van der Waals surface area (Å²) in [5, 5.41) is 4.61. The number of nitrogens with one attached hydrogen (secondary N) is 1. The maximum Gasteiger partial charge on any atom is 0.279 e. The standard InChI is InChI=1S/C17H17BrF2N2O/c1-10-7-13(18)4-6-16(10)22-17(23)9-21-11(2)12-3-5-14(19)15(20)8-12/h3-8,11,21H,9H2,1-2H3,(H,22,23)/p+1/t11-/m1/s1. The molecule has 0 unspecified atom stereocenters. The molecular formula is C17H18BrF2N2O+. The van der Waals surface area contributed by atoms with Crippen LogP contribution in [0.25, 0.3) is 0 Å². The Morgan fingerprint density at radius 1 is 1.22 bits per heavy atom. The molecule has 3 N–H and O–H groups in total. The van der Waals surface area contributed by atoms with Crippen molar-refractivity contribution >= 4 is 27.5 Å². The number of rotatable bonds is 5. The van der Waals surface area contributed by atoms with E-state index in [4.69, 9.17) is 0 Å². The molecule has 0 aliphatic carbocycles. The molecule has 0 saturated heterocycles. The molecule has 0 fully saturated rings. The number of benzene rings is 2. The molecule has 1 amide bonds. The second-order valence-corrected chi connectivity index (χ2v) is 6.33. The zero-order chi connectivity index (χ0) is 17.0. The van der Waals surface area contributed by atoms with Crippen LogP contribution in [0.15, 0.2) is 40.9 Å². The van der Waals surface area contributed by atoms with Gasteiger partial charge in [0.15, 0.2) is 18.2 Å². The average molecular weight is 384 g/mol. The summed E-state index contributed by atoms with van der Waals surface area (Å²) in [6.07, 6.45) is 0. The monoisotopic (exact) mass is 383 g/mol. The van der Waals surface area contributed by atoms with Crippen LogP contribution in [0.3, 0.4) is 0 Å². The summed E-state index contributed by atoms with van der Waals surface area (Å²) in [7, 11) is 0. The van der Waals surface area contributed by atoms with Gasteiger partial charge in [-0.3, -0.25) is 4.79 Å². The second kappa shape index (κ2) is 7.66. The summed E-state index contributed by atoms with van der Waals surface area (Å²) < 4.78 is 27.1. The van der Waals surface area contributed by atoms with E-state index in [-0.39, 0.29) is 18.5 Å². The Morgan fingerprint density at radius 3 is 2.61 bits per heavy atom. The number of quaternary nitrogens is 1. The van der Waals surface area contributed by atoms with Crippen LogP contribution in [-0.2, 0) is 4.79 Å². The Bertz CT molecular complexity index is 722. The van der Waals surface area contributed by atoms with E-state index in [2.05, 4.69) is 21.2 Å². The number of hydrogen-bond acceptors (Lipinski definition) is 1. The SMILES string of the molecule is Cc1cc(Br)ccc1NC(=O)C[NH2+][C@H](C)c1ccc(F)c(F)c1. The number of carbonyl (C=O) groups excluding carboxylic acids is 1. The van der Waals surface area contributed by atoms with E-state index >= 15 is 0 Å². The first-order valence-corrected chi connectivity index (χ1v) is 8.00. The van der Waals surface area contributed by atoms with Crippen LogP contribution in [0.1, 0.15) is 24.1 Å². The van der Waals surface area contributed by atoms with Gasteiger partial charge in [0, 0.05) is 15.7 Å². The Hall–Kier alpha value is -1.79. The highest BCUT2D eigenvalue weighted by Gasteiger charge is 2.14. The average Bonchev–Trinajstić information content (AvgIpc) is 2.50. The summed E-state index contributed by atoms with van der Waals surface area (Å²) in [6.45, 7) is 3.94. The van der Waals surface area contributed by atoms with E-state index in [1.165, 1.54) is 6.07 Å². The second-order valence-electron chi connectivity index (χ2n) is 5.41. The molecule has 3 nitrogen and oxygen atoms in total. The number of amides is 1. The lowest BCUT2D eigenvalue weighted by atomic mass is 10.1. The zero-order valence-corrected chi connectivity index (χ0v) is 14.5. The highest BCUT2D eigenvalue weighted by Crippen LogP contribution is 2.19. The van der Waals surface area contributed by atoms with Crippen molar-refractivity contribution in [1.82, 2.24) is 0 Å². The van der Waals surface area contributed by atoms with Crippen LogP contribution < -0.4 is 10.6 Å². The lowest BCUT2D eigenvalue weighted by molar-refractivity contribution is -0.682. The van der Waals surface area contributed by atoms with Crippen LogP contribution in [0.2, 0.25) is 0 Å². The zero-order valence-electron chi connectivity index (χ0n) is 12.9. The molecule has 23 heavy (non-hydrogen) atoms. The maximum absolute atomic E-state index is 13.2. The van der Waals surface area contributed by atoms with Gasteiger partial charge in [0.05, 0.1) is 0 Å². The fourth-order valence-corrected chi connectivity index (χ4v) is 2.66. The van der Waals surface area contributed by atoms with Crippen molar-refractivity contribution < 1.29 is 18.9 Å². The van der Waals surface area contributed by atoms with E-state index in [9.17, 15) is 13.6 Å². The number of anilines is 1. The third-order valence-electron chi connectivity index (χ3n) is 3.59. The van der Waals surface area contributed by atoms with Crippen LogP contribution in [0.5, 0.6) is 0 Å². The van der Waals surface area contributed by atoms with Gasteiger partial charge in [0.1, 0.15) is 6.04 Å². The third-order valence-corrected chi connectivity index (χ3v) is 4.08. The molecule has 2 aromatic carbocycles. The number of aryl methyl sites for hydroxylation is 1. The largest absolute Gasteiger partial charge is 0.333 e. The number of carbonyl (C=O) groups is 1. The molecule has 0 aliphatic rings. The predicted molar refractivity (Wildman–Crippen MR) is 89.1 cm³/mol.